The summed E-state index contributed by atoms with van der Waals surface area (Å²) in [5.74, 6) is 1.09. The smallest absolute Gasteiger partial charge is 0.106 e. The number of nitrogens with one attached hydrogen (secondary N) is 1. The highest BCUT2D eigenvalue weighted by Gasteiger charge is 2.04. The highest BCUT2D eigenvalue weighted by Crippen LogP contribution is 2.14. The van der Waals surface area contributed by atoms with Crippen molar-refractivity contribution in [3.63, 3.8) is 0 Å². The molecular formula is C12H17N3. The highest BCUT2D eigenvalue weighted by molar-refractivity contribution is 5.75. The van der Waals surface area contributed by atoms with E-state index >= 15 is 0 Å². The van der Waals surface area contributed by atoms with Crippen molar-refractivity contribution in [3.05, 3.63) is 30.1 Å². The molecule has 0 saturated heterocycles. The molecule has 15 heavy (non-hydrogen) atoms. The van der Waals surface area contributed by atoms with Gasteiger partial charge in [-0.2, -0.15) is 0 Å². The minimum atomic E-state index is 0.986. The van der Waals surface area contributed by atoms with Crippen LogP contribution in [0.3, 0.4) is 0 Å². The van der Waals surface area contributed by atoms with E-state index in [1.165, 1.54) is 5.52 Å². The maximum atomic E-state index is 4.53. The van der Waals surface area contributed by atoms with Gasteiger partial charge in [0.25, 0.3) is 0 Å². The first-order valence-corrected chi connectivity index (χ1v) is 5.45. The highest BCUT2D eigenvalue weighted by atomic mass is 15.1. The second-order valence-corrected chi connectivity index (χ2v) is 3.65. The van der Waals surface area contributed by atoms with Gasteiger partial charge in [0.1, 0.15) is 5.82 Å². The maximum Gasteiger partial charge on any atom is 0.106 e. The maximum absolute atomic E-state index is 4.53. The van der Waals surface area contributed by atoms with Gasteiger partial charge in [-0.15, -0.1) is 0 Å². The summed E-state index contributed by atoms with van der Waals surface area (Å²) in [5.41, 5.74) is 2.32. The molecule has 3 heteroatoms. The Morgan fingerprint density at radius 3 is 2.93 bits per heavy atom. The van der Waals surface area contributed by atoms with Crippen molar-refractivity contribution in [2.45, 2.75) is 20.4 Å². The van der Waals surface area contributed by atoms with Gasteiger partial charge in [-0.05, 0) is 25.6 Å². The zero-order chi connectivity index (χ0) is 10.7. The largest absolute Gasteiger partial charge is 0.327 e. The van der Waals surface area contributed by atoms with Crippen molar-refractivity contribution in [2.24, 2.45) is 0 Å². The van der Waals surface area contributed by atoms with Crippen LogP contribution in [0.4, 0.5) is 0 Å². The van der Waals surface area contributed by atoms with Crippen LogP contribution in [0.2, 0.25) is 0 Å². The van der Waals surface area contributed by atoms with Crippen molar-refractivity contribution < 1.29 is 0 Å². The van der Waals surface area contributed by atoms with Crippen molar-refractivity contribution in [1.82, 2.24) is 14.9 Å². The molecule has 0 amide bonds. The van der Waals surface area contributed by atoms with E-state index < -0.39 is 0 Å². The minimum Gasteiger partial charge on any atom is -0.327 e. The van der Waals surface area contributed by atoms with E-state index in [1.54, 1.807) is 0 Å². The summed E-state index contributed by atoms with van der Waals surface area (Å²) >= 11 is 0. The lowest BCUT2D eigenvalue weighted by atomic mass is 10.3. The minimum absolute atomic E-state index is 0.986. The fourth-order valence-corrected chi connectivity index (χ4v) is 1.85. The molecule has 2 rings (SSSR count). The summed E-state index contributed by atoms with van der Waals surface area (Å²) in [6.07, 6.45) is 0. The third kappa shape index (κ3) is 2.02. The van der Waals surface area contributed by atoms with Crippen LogP contribution in [0.25, 0.3) is 11.0 Å². The number of aryl methyl sites for hydroxylation is 1. The van der Waals surface area contributed by atoms with E-state index in [0.717, 1.165) is 31.0 Å². The number of fused-ring (bicyclic) bond motifs is 1. The second-order valence-electron chi connectivity index (χ2n) is 3.65. The molecule has 2 aromatic rings. The molecule has 0 aliphatic carbocycles. The SMILES string of the molecule is CCNCCn1c(C)nc2ccccc21. The lowest BCUT2D eigenvalue weighted by Gasteiger charge is -2.06. The Kier molecular flexibility index (Phi) is 3.02. The Balaban J connectivity index is 2.28. The van der Waals surface area contributed by atoms with E-state index in [4.69, 9.17) is 0 Å². The first kappa shape index (κ1) is 10.2. The number of hydrogen-bond acceptors (Lipinski definition) is 2. The topological polar surface area (TPSA) is 29.9 Å². The van der Waals surface area contributed by atoms with E-state index in [2.05, 4.69) is 46.9 Å². The third-order valence-corrected chi connectivity index (χ3v) is 2.61. The number of aromatic nitrogens is 2. The zero-order valence-electron chi connectivity index (χ0n) is 9.33. The van der Waals surface area contributed by atoms with Gasteiger partial charge in [0, 0.05) is 13.1 Å². The molecule has 1 N–H and O–H groups in total. The molecule has 0 fully saturated rings. The molecule has 0 atom stereocenters. The molecule has 0 unspecified atom stereocenters. The standard InChI is InChI=1S/C12H17N3/c1-3-13-8-9-15-10(2)14-11-6-4-5-7-12(11)15/h4-7,13H,3,8-9H2,1-2H3. The molecule has 1 aromatic carbocycles. The number of para-hydroxylation sites is 2. The molecule has 0 aliphatic heterocycles. The van der Waals surface area contributed by atoms with Crippen LogP contribution in [0, 0.1) is 6.92 Å². The number of rotatable bonds is 4. The van der Waals surface area contributed by atoms with Crippen LogP contribution in [0.15, 0.2) is 24.3 Å². The average molecular weight is 203 g/mol. The predicted octanol–water partition coefficient (Wildman–Crippen LogP) is 1.95. The number of likely N-dealkylation sites (N-methyl/N-ethyl adjacent to an activating group) is 1. The van der Waals surface area contributed by atoms with Gasteiger partial charge in [0.05, 0.1) is 11.0 Å². The van der Waals surface area contributed by atoms with Crippen LogP contribution in [-0.2, 0) is 6.54 Å². The summed E-state index contributed by atoms with van der Waals surface area (Å²) in [4.78, 5) is 4.53. The molecular weight excluding hydrogens is 186 g/mol. The van der Waals surface area contributed by atoms with Crippen LogP contribution in [-0.4, -0.2) is 22.6 Å². The number of hydrogen-bond donors (Lipinski definition) is 1. The normalized spacial score (nSPS) is 11.1. The lowest BCUT2D eigenvalue weighted by Crippen LogP contribution is -2.19. The summed E-state index contributed by atoms with van der Waals surface area (Å²) in [6, 6.07) is 8.28. The van der Waals surface area contributed by atoms with Crippen molar-refractivity contribution in [3.8, 4) is 0 Å². The molecule has 1 heterocycles. The summed E-state index contributed by atoms with van der Waals surface area (Å²) in [7, 11) is 0. The average Bonchev–Trinajstić information content (AvgIpc) is 2.56. The van der Waals surface area contributed by atoms with Gasteiger partial charge in [-0.25, -0.2) is 4.98 Å². The third-order valence-electron chi connectivity index (χ3n) is 2.61. The molecule has 80 valence electrons. The van der Waals surface area contributed by atoms with E-state index in [9.17, 15) is 0 Å². The van der Waals surface area contributed by atoms with Crippen molar-refractivity contribution >= 4 is 11.0 Å². The lowest BCUT2D eigenvalue weighted by molar-refractivity contribution is 0.613. The van der Waals surface area contributed by atoms with Gasteiger partial charge in [-0.1, -0.05) is 19.1 Å². The Labute approximate surface area is 90.1 Å². The number of benzene rings is 1. The van der Waals surface area contributed by atoms with E-state index in [0.29, 0.717) is 0 Å². The Bertz CT molecular complexity index is 445. The Morgan fingerprint density at radius 1 is 1.33 bits per heavy atom. The van der Waals surface area contributed by atoms with Crippen LogP contribution in [0.1, 0.15) is 12.7 Å². The van der Waals surface area contributed by atoms with Crippen LogP contribution < -0.4 is 5.32 Å². The summed E-state index contributed by atoms with van der Waals surface area (Å²) < 4.78 is 2.26. The van der Waals surface area contributed by atoms with Crippen LogP contribution >= 0.6 is 0 Å². The Morgan fingerprint density at radius 2 is 2.13 bits per heavy atom. The fourth-order valence-electron chi connectivity index (χ4n) is 1.85. The van der Waals surface area contributed by atoms with Gasteiger partial charge < -0.3 is 9.88 Å². The van der Waals surface area contributed by atoms with Gasteiger partial charge in [0.15, 0.2) is 0 Å². The predicted molar refractivity (Wildman–Crippen MR) is 63.0 cm³/mol. The van der Waals surface area contributed by atoms with Gasteiger partial charge in [-0.3, -0.25) is 0 Å². The van der Waals surface area contributed by atoms with E-state index in [-0.39, 0.29) is 0 Å². The fraction of sp³-hybridized carbons (Fsp3) is 0.417. The molecule has 1 aromatic heterocycles. The number of nitrogens with zero attached hydrogens (tertiary/aromatic N) is 2. The zero-order valence-corrected chi connectivity index (χ0v) is 9.33. The molecule has 0 bridgehead atoms. The van der Waals surface area contributed by atoms with E-state index in [1.807, 2.05) is 6.07 Å². The van der Waals surface area contributed by atoms with Gasteiger partial charge >= 0.3 is 0 Å². The molecule has 0 radical (unpaired) electrons. The first-order chi connectivity index (χ1) is 7.33. The summed E-state index contributed by atoms with van der Waals surface area (Å²) in [6.45, 7) is 7.19. The monoisotopic (exact) mass is 203 g/mol. The number of imidazole rings is 1. The molecule has 0 aliphatic rings. The Hall–Kier alpha value is -1.35. The van der Waals surface area contributed by atoms with Gasteiger partial charge in [0.2, 0.25) is 0 Å². The second kappa shape index (κ2) is 4.45. The van der Waals surface area contributed by atoms with Crippen LogP contribution in [0.5, 0.6) is 0 Å². The molecule has 0 spiro atoms. The molecule has 0 saturated carbocycles. The first-order valence-electron chi connectivity index (χ1n) is 5.45. The van der Waals surface area contributed by atoms with Crippen molar-refractivity contribution in [1.29, 1.82) is 0 Å². The molecule has 3 nitrogen and oxygen atoms in total. The summed E-state index contributed by atoms with van der Waals surface area (Å²) in [5, 5.41) is 3.33. The quantitative estimate of drug-likeness (QED) is 0.770. The van der Waals surface area contributed by atoms with Crippen molar-refractivity contribution in [2.75, 3.05) is 13.1 Å².